The van der Waals surface area contributed by atoms with Crippen molar-refractivity contribution in [1.82, 2.24) is 15.3 Å². The number of methoxy groups -OCH3 is 1. The van der Waals surface area contributed by atoms with Crippen LogP contribution in [-0.4, -0.2) is 100 Å². The van der Waals surface area contributed by atoms with Gasteiger partial charge in [0.15, 0.2) is 0 Å². The number of carbonyl (C=O) groups excluding carboxylic acids is 3. The zero-order valence-electron chi connectivity index (χ0n) is 49.1. The quantitative estimate of drug-likeness (QED) is 0.0254. The Kier molecular flexibility index (Phi) is 27.6. The molecule has 5 heterocycles. The van der Waals surface area contributed by atoms with Gasteiger partial charge >= 0.3 is 35.0 Å². The Morgan fingerprint density at radius 2 is 1.48 bits per heavy atom. The van der Waals surface area contributed by atoms with E-state index in [1.54, 1.807) is 0 Å². The van der Waals surface area contributed by atoms with E-state index in [0.717, 1.165) is 69.5 Å². The zero-order chi connectivity index (χ0) is 55.3. The van der Waals surface area contributed by atoms with Crippen molar-refractivity contribution in [3.8, 4) is 0 Å². The normalized spacial score (nSPS) is 15.9. The number of fused-ring (bicyclic) bond motifs is 8. The molecular formula is C63H92MgN6O7+2. The first kappa shape index (κ1) is 64.6. The smallest absolute Gasteiger partial charge is 0.664 e. The van der Waals surface area contributed by atoms with Crippen molar-refractivity contribution < 1.29 is 43.3 Å². The second kappa shape index (κ2) is 32.9. The molecule has 0 aromatic carbocycles. The molecule has 3 aliphatic rings. The molecule has 0 saturated heterocycles. The number of amides is 1. The molecule has 0 saturated carbocycles. The first-order valence-corrected chi connectivity index (χ1v) is 28.5. The van der Waals surface area contributed by atoms with Crippen molar-refractivity contribution in [1.29, 1.82) is 0 Å². The largest absolute Gasteiger partial charge is 2.00 e. The van der Waals surface area contributed by atoms with Crippen LogP contribution in [0.5, 0.6) is 0 Å². The van der Waals surface area contributed by atoms with Gasteiger partial charge in [-0.05, 0) is 120 Å². The molecule has 1 amide bonds. The van der Waals surface area contributed by atoms with Crippen molar-refractivity contribution in [2.24, 2.45) is 22.7 Å². The maximum Gasteiger partial charge on any atom is 2.00 e. The molecule has 3 N–H and O–H groups in total. The molecule has 2 aromatic rings. The molecule has 4 unspecified atom stereocenters. The summed E-state index contributed by atoms with van der Waals surface area (Å²) >= 11 is 0. The van der Waals surface area contributed by atoms with E-state index in [9.17, 15) is 14.4 Å². The van der Waals surface area contributed by atoms with Crippen LogP contribution in [0.2, 0.25) is 0 Å². The van der Waals surface area contributed by atoms with Gasteiger partial charge < -0.3 is 34.2 Å². The van der Waals surface area contributed by atoms with Crippen LogP contribution in [0, 0.1) is 17.8 Å². The van der Waals surface area contributed by atoms with Crippen LogP contribution >= 0.6 is 0 Å². The number of hydrogen-bond acceptors (Lipinski definition) is 8. The summed E-state index contributed by atoms with van der Waals surface area (Å²) in [4.78, 5) is 64.5. The summed E-state index contributed by atoms with van der Waals surface area (Å²) in [6.45, 7) is 30.7. The van der Waals surface area contributed by atoms with Crippen molar-refractivity contribution in [2.75, 3.05) is 53.2 Å². The van der Waals surface area contributed by atoms with Crippen LogP contribution in [0.15, 0.2) is 47.5 Å². The monoisotopic (exact) mass is 1070 g/mol. The topological polar surface area (TPSA) is 169 Å². The van der Waals surface area contributed by atoms with Crippen molar-refractivity contribution in [3.63, 3.8) is 0 Å². The Morgan fingerprint density at radius 3 is 2.14 bits per heavy atom. The fourth-order valence-corrected chi connectivity index (χ4v) is 10.6. The summed E-state index contributed by atoms with van der Waals surface area (Å²) in [6.07, 6.45) is 18.0. The average molecular weight is 1070 g/mol. The Balaban J connectivity index is 0.0000128. The number of hydrogen-bond donors (Lipinski definition) is 1. The standard InChI is InChI=1S/C63H91N6O7.Mg/c1-14-47-44(10)52-36-53-45(11)49(27-28-58(70)76-32-29-43(9)26-20-25-42(8)24-19-23-41(7)22-18-21-40(5)6)61(68-53)50(35-59(71)73-13)62-60(63(72)65-31-34-75-17-4)46(12)54(69-62)37-56-48(15-2)51(39-64-30-33-74-16-3)57(67-56)38-55(47)66-52;/h14,29,36-42,45,49H,1,15-28,30-35H2,2-13H3,(H2-,64,65,66,67,68,69,72);/q-1;+2/p+1/b43-29+;. The van der Waals surface area contributed by atoms with Crippen molar-refractivity contribution >= 4 is 80.4 Å². The molecule has 3 aliphatic heterocycles. The molecule has 416 valence electrons. The molecule has 0 fully saturated rings. The van der Waals surface area contributed by atoms with Gasteiger partial charge in [-0.1, -0.05) is 110 Å². The number of ether oxygens (including phenoxy) is 4. The van der Waals surface area contributed by atoms with E-state index in [1.165, 1.54) is 57.6 Å². The van der Waals surface area contributed by atoms with Crippen molar-refractivity contribution in [2.45, 2.75) is 171 Å². The summed E-state index contributed by atoms with van der Waals surface area (Å²) in [6, 6.07) is 6.06. The maximum atomic E-state index is 14.5. The number of H-pyrrole nitrogens is 2. The number of esters is 2. The average Bonchev–Trinajstić information content (AvgIpc) is 4.10. The molecule has 0 radical (unpaired) electrons. The van der Waals surface area contributed by atoms with Crippen LogP contribution in [0.3, 0.4) is 0 Å². The number of rotatable bonds is 31. The minimum Gasteiger partial charge on any atom is -0.664 e. The summed E-state index contributed by atoms with van der Waals surface area (Å²) < 4.78 is 22.4. The van der Waals surface area contributed by atoms with Gasteiger partial charge in [-0.15, -0.1) is 22.4 Å². The fraction of sp³-hybridized carbons (Fsp3) is 0.587. The van der Waals surface area contributed by atoms with Gasteiger partial charge in [0.05, 0.1) is 38.9 Å². The second-order valence-corrected chi connectivity index (χ2v) is 21.5. The molecule has 8 bridgehead atoms. The van der Waals surface area contributed by atoms with Gasteiger partial charge in [0.1, 0.15) is 12.2 Å². The van der Waals surface area contributed by atoms with E-state index in [-0.39, 0.29) is 72.8 Å². The van der Waals surface area contributed by atoms with E-state index < -0.39 is 5.97 Å². The summed E-state index contributed by atoms with van der Waals surface area (Å²) in [5.74, 6) is 0.629. The van der Waals surface area contributed by atoms with Gasteiger partial charge in [-0.3, -0.25) is 19.4 Å². The fourth-order valence-electron chi connectivity index (χ4n) is 10.6. The summed E-state index contributed by atoms with van der Waals surface area (Å²) in [7, 11) is 1.36. The third-order valence-corrected chi connectivity index (χ3v) is 15.3. The number of aromatic nitrogens is 4. The SMILES string of the molecule is C=CC1=C(C)c2cc3[n-]c(c(CC(=O)OC)c4[nH+]c(cc5[n-]c(cc1[nH+]2)c(C=NCCOCC)c5CC)C(C)=C4C(=O)NCCOCC)C(CCC(=O)OC/C=C(\C)CCCC(C)CCCC(C)CCCC(C)C)C3C.[Mg+2]. The van der Waals surface area contributed by atoms with Crippen LogP contribution in [0.4, 0.5) is 0 Å². The van der Waals surface area contributed by atoms with Crippen LogP contribution in [0.25, 0.3) is 33.3 Å². The first-order chi connectivity index (χ1) is 36.5. The number of aromatic amines is 2. The predicted molar refractivity (Wildman–Crippen MR) is 312 cm³/mol. The minimum absolute atomic E-state index is 0. The molecule has 13 nitrogen and oxygen atoms in total. The number of aryl methyl sites for hydroxylation is 1. The van der Waals surface area contributed by atoms with Crippen LogP contribution < -0.4 is 25.3 Å². The van der Waals surface area contributed by atoms with Gasteiger partial charge in [-0.25, -0.2) is 9.97 Å². The van der Waals surface area contributed by atoms with Crippen LogP contribution in [0.1, 0.15) is 209 Å². The molecule has 2 aromatic heterocycles. The van der Waals surface area contributed by atoms with E-state index in [2.05, 4.69) is 77.3 Å². The minimum atomic E-state index is -0.495. The molecule has 4 atom stereocenters. The number of nitrogens with one attached hydrogen (secondary N) is 3. The predicted octanol–water partition coefficient (Wildman–Crippen LogP) is 11.3. The number of nitrogens with zero attached hydrogens (tertiary/aromatic N) is 3. The molecule has 77 heavy (non-hydrogen) atoms. The molecule has 5 rings (SSSR count). The number of aliphatic imine (C=N–C) groups is 1. The Bertz CT molecular complexity index is 2660. The number of carbonyl (C=O) groups is 3. The summed E-state index contributed by atoms with van der Waals surface area (Å²) in [5, 5.41) is 3.06. The molecule has 0 aliphatic carbocycles. The van der Waals surface area contributed by atoms with E-state index >= 15 is 0 Å². The second-order valence-electron chi connectivity index (χ2n) is 21.5. The van der Waals surface area contributed by atoms with Crippen molar-refractivity contribution in [3.05, 3.63) is 93.4 Å². The third-order valence-electron chi connectivity index (χ3n) is 15.3. The van der Waals surface area contributed by atoms with E-state index in [0.29, 0.717) is 91.0 Å². The Morgan fingerprint density at radius 1 is 0.818 bits per heavy atom. The van der Waals surface area contributed by atoms with Crippen LogP contribution in [-0.2, 0) is 46.2 Å². The third kappa shape index (κ3) is 18.6. The van der Waals surface area contributed by atoms with Gasteiger partial charge in [-0.2, -0.15) is 0 Å². The Hall–Kier alpha value is -4.89. The molecular weight excluding hydrogens is 977 g/mol. The first-order valence-electron chi connectivity index (χ1n) is 28.5. The summed E-state index contributed by atoms with van der Waals surface area (Å²) in [5.41, 5.74) is 12.2. The van der Waals surface area contributed by atoms with Gasteiger partial charge in [0.2, 0.25) is 22.8 Å². The zero-order valence-corrected chi connectivity index (χ0v) is 50.5. The van der Waals surface area contributed by atoms with E-state index in [1.807, 2.05) is 57.3 Å². The molecule has 14 heteroatoms. The number of allylic oxidation sites excluding steroid dienone is 5. The van der Waals surface area contributed by atoms with Gasteiger partial charge in [0.25, 0.3) is 5.91 Å². The molecule has 0 spiro atoms. The van der Waals surface area contributed by atoms with Gasteiger partial charge in [0, 0.05) is 49.1 Å². The maximum absolute atomic E-state index is 14.5. The van der Waals surface area contributed by atoms with E-state index in [4.69, 9.17) is 33.9 Å². The Labute approximate surface area is 477 Å².